The molecule has 0 saturated heterocycles. The SMILES string of the molecule is CCCCC(=O)Nc1ccc(CCc2nc3ccccc3n2CCC)cc1. The van der Waals surface area contributed by atoms with Crippen LogP contribution in [0.1, 0.15) is 50.9 Å². The van der Waals surface area contributed by atoms with Gasteiger partial charge in [-0.15, -0.1) is 0 Å². The summed E-state index contributed by atoms with van der Waals surface area (Å²) in [4.78, 5) is 16.7. The third-order valence-corrected chi connectivity index (χ3v) is 4.81. The number of fused-ring (bicyclic) bond motifs is 1. The van der Waals surface area contributed by atoms with Crippen molar-refractivity contribution in [2.45, 2.75) is 58.9 Å². The van der Waals surface area contributed by atoms with Crippen LogP contribution in [0.4, 0.5) is 5.69 Å². The monoisotopic (exact) mass is 363 g/mol. The largest absolute Gasteiger partial charge is 0.328 e. The number of amides is 1. The summed E-state index contributed by atoms with van der Waals surface area (Å²) in [6.45, 7) is 5.29. The van der Waals surface area contributed by atoms with Crippen molar-refractivity contribution in [3.8, 4) is 0 Å². The number of aromatic nitrogens is 2. The highest BCUT2D eigenvalue weighted by Crippen LogP contribution is 2.19. The van der Waals surface area contributed by atoms with Crippen molar-refractivity contribution in [2.75, 3.05) is 5.32 Å². The summed E-state index contributed by atoms with van der Waals surface area (Å²) in [6, 6.07) is 16.5. The van der Waals surface area contributed by atoms with E-state index in [1.165, 1.54) is 11.1 Å². The van der Waals surface area contributed by atoms with Crippen LogP contribution in [0.3, 0.4) is 0 Å². The molecule has 4 heteroatoms. The average molecular weight is 364 g/mol. The highest BCUT2D eigenvalue weighted by molar-refractivity contribution is 5.90. The van der Waals surface area contributed by atoms with E-state index in [1.807, 2.05) is 18.2 Å². The van der Waals surface area contributed by atoms with E-state index in [0.717, 1.165) is 55.7 Å². The van der Waals surface area contributed by atoms with Gasteiger partial charge in [-0.2, -0.15) is 0 Å². The van der Waals surface area contributed by atoms with Gasteiger partial charge in [0.15, 0.2) is 0 Å². The van der Waals surface area contributed by atoms with E-state index in [4.69, 9.17) is 4.98 Å². The Balaban J connectivity index is 1.64. The molecule has 3 aromatic rings. The second-order valence-electron chi connectivity index (χ2n) is 7.02. The molecule has 0 unspecified atom stereocenters. The van der Waals surface area contributed by atoms with E-state index in [9.17, 15) is 4.79 Å². The molecule has 0 spiro atoms. The van der Waals surface area contributed by atoms with Gasteiger partial charge in [-0.1, -0.05) is 44.5 Å². The van der Waals surface area contributed by atoms with Gasteiger partial charge in [0, 0.05) is 25.1 Å². The fourth-order valence-electron chi connectivity index (χ4n) is 3.36. The first-order valence-corrected chi connectivity index (χ1v) is 10.0. The van der Waals surface area contributed by atoms with Crippen LogP contribution >= 0.6 is 0 Å². The highest BCUT2D eigenvalue weighted by Gasteiger charge is 2.10. The Hall–Kier alpha value is -2.62. The van der Waals surface area contributed by atoms with Gasteiger partial charge in [-0.25, -0.2) is 4.98 Å². The van der Waals surface area contributed by atoms with Crippen molar-refractivity contribution in [1.82, 2.24) is 9.55 Å². The third-order valence-electron chi connectivity index (χ3n) is 4.81. The molecule has 3 rings (SSSR count). The molecule has 0 radical (unpaired) electrons. The zero-order valence-electron chi connectivity index (χ0n) is 16.4. The molecule has 0 bridgehead atoms. The molecule has 1 heterocycles. The topological polar surface area (TPSA) is 46.9 Å². The third kappa shape index (κ3) is 4.97. The Kier molecular flexibility index (Phi) is 6.64. The Bertz CT molecular complexity index is 880. The lowest BCUT2D eigenvalue weighted by molar-refractivity contribution is -0.116. The summed E-state index contributed by atoms with van der Waals surface area (Å²) in [5.41, 5.74) is 4.43. The van der Waals surface area contributed by atoms with Crippen LogP contribution < -0.4 is 5.32 Å². The van der Waals surface area contributed by atoms with Crippen molar-refractivity contribution in [1.29, 1.82) is 0 Å². The molecule has 0 aliphatic heterocycles. The van der Waals surface area contributed by atoms with Gasteiger partial charge in [0.1, 0.15) is 5.82 Å². The zero-order chi connectivity index (χ0) is 19.1. The fraction of sp³-hybridized carbons (Fsp3) is 0.391. The van der Waals surface area contributed by atoms with Gasteiger partial charge >= 0.3 is 0 Å². The van der Waals surface area contributed by atoms with E-state index in [0.29, 0.717) is 6.42 Å². The molecule has 1 N–H and O–H groups in total. The van der Waals surface area contributed by atoms with Crippen LogP contribution in [0.5, 0.6) is 0 Å². The van der Waals surface area contributed by atoms with E-state index in [-0.39, 0.29) is 5.91 Å². The van der Waals surface area contributed by atoms with Gasteiger partial charge in [0.05, 0.1) is 11.0 Å². The van der Waals surface area contributed by atoms with Gasteiger partial charge in [-0.3, -0.25) is 4.79 Å². The second-order valence-corrected chi connectivity index (χ2v) is 7.02. The summed E-state index contributed by atoms with van der Waals surface area (Å²) in [5, 5.41) is 2.97. The van der Waals surface area contributed by atoms with Crippen LogP contribution in [-0.2, 0) is 24.2 Å². The van der Waals surface area contributed by atoms with E-state index >= 15 is 0 Å². The van der Waals surface area contributed by atoms with Crippen LogP contribution in [0.25, 0.3) is 11.0 Å². The Morgan fingerprint density at radius 3 is 2.52 bits per heavy atom. The Morgan fingerprint density at radius 1 is 1.00 bits per heavy atom. The number of para-hydroxylation sites is 2. The minimum absolute atomic E-state index is 0.0953. The van der Waals surface area contributed by atoms with Crippen molar-refractivity contribution < 1.29 is 4.79 Å². The molecule has 0 atom stereocenters. The molecule has 0 saturated carbocycles. The number of carbonyl (C=O) groups is 1. The molecule has 27 heavy (non-hydrogen) atoms. The van der Waals surface area contributed by atoms with Crippen LogP contribution in [-0.4, -0.2) is 15.5 Å². The van der Waals surface area contributed by atoms with Crippen molar-refractivity contribution in [3.05, 3.63) is 59.9 Å². The smallest absolute Gasteiger partial charge is 0.224 e. The molecular formula is C23H29N3O. The van der Waals surface area contributed by atoms with Gasteiger partial charge in [-0.05, 0) is 49.1 Å². The van der Waals surface area contributed by atoms with Gasteiger partial charge in [0.2, 0.25) is 5.91 Å². The molecule has 142 valence electrons. The second kappa shape index (κ2) is 9.36. The summed E-state index contributed by atoms with van der Waals surface area (Å²) in [6.07, 6.45) is 5.51. The van der Waals surface area contributed by atoms with Crippen LogP contribution in [0.15, 0.2) is 48.5 Å². The number of rotatable bonds is 9. The Morgan fingerprint density at radius 2 is 1.78 bits per heavy atom. The van der Waals surface area contributed by atoms with Crippen molar-refractivity contribution >= 4 is 22.6 Å². The van der Waals surface area contributed by atoms with Crippen LogP contribution in [0, 0.1) is 0 Å². The molecule has 2 aromatic carbocycles. The minimum atomic E-state index is 0.0953. The molecule has 0 aliphatic rings. The summed E-state index contributed by atoms with van der Waals surface area (Å²) in [5.74, 6) is 1.24. The summed E-state index contributed by atoms with van der Waals surface area (Å²) >= 11 is 0. The predicted octanol–water partition coefficient (Wildman–Crippen LogP) is 5.36. The standard InChI is InChI=1S/C23H29N3O/c1-3-5-10-23(27)24-19-14-11-18(12-15-19)13-16-22-25-20-8-6-7-9-21(20)26(22)17-4-2/h6-9,11-12,14-15H,3-5,10,13,16-17H2,1-2H3,(H,24,27). The lowest BCUT2D eigenvalue weighted by Gasteiger charge is -2.09. The predicted molar refractivity (Wildman–Crippen MR) is 112 cm³/mol. The van der Waals surface area contributed by atoms with E-state index < -0.39 is 0 Å². The minimum Gasteiger partial charge on any atom is -0.328 e. The number of unbranched alkanes of at least 4 members (excludes halogenated alkanes) is 1. The molecule has 1 amide bonds. The summed E-state index contributed by atoms with van der Waals surface area (Å²) in [7, 11) is 0. The quantitative estimate of drug-likeness (QED) is 0.556. The number of hydrogen-bond donors (Lipinski definition) is 1. The number of benzene rings is 2. The number of aryl methyl sites for hydroxylation is 3. The molecule has 1 aromatic heterocycles. The first-order chi connectivity index (χ1) is 13.2. The van der Waals surface area contributed by atoms with Gasteiger partial charge in [0.25, 0.3) is 0 Å². The fourth-order valence-corrected chi connectivity index (χ4v) is 3.36. The zero-order valence-corrected chi connectivity index (χ0v) is 16.4. The van der Waals surface area contributed by atoms with Gasteiger partial charge < -0.3 is 9.88 Å². The number of carbonyl (C=O) groups excluding carboxylic acids is 1. The van der Waals surface area contributed by atoms with E-state index in [1.54, 1.807) is 0 Å². The van der Waals surface area contributed by atoms with Crippen LogP contribution in [0.2, 0.25) is 0 Å². The number of imidazole rings is 1. The molecule has 4 nitrogen and oxygen atoms in total. The van der Waals surface area contributed by atoms with Crippen molar-refractivity contribution in [2.24, 2.45) is 0 Å². The van der Waals surface area contributed by atoms with Crippen molar-refractivity contribution in [3.63, 3.8) is 0 Å². The normalized spacial score (nSPS) is 11.0. The lowest BCUT2D eigenvalue weighted by Crippen LogP contribution is -2.10. The number of anilines is 1. The highest BCUT2D eigenvalue weighted by atomic mass is 16.1. The number of hydrogen-bond acceptors (Lipinski definition) is 2. The first-order valence-electron chi connectivity index (χ1n) is 10.0. The maximum absolute atomic E-state index is 11.8. The first kappa shape index (κ1) is 19.2. The Labute approximate surface area is 161 Å². The number of nitrogens with one attached hydrogen (secondary N) is 1. The number of nitrogens with zero attached hydrogens (tertiary/aromatic N) is 2. The van der Waals surface area contributed by atoms with E-state index in [2.05, 4.69) is 54.1 Å². The lowest BCUT2D eigenvalue weighted by atomic mass is 10.1. The average Bonchev–Trinajstić information content (AvgIpc) is 3.04. The maximum atomic E-state index is 11.8. The summed E-state index contributed by atoms with van der Waals surface area (Å²) < 4.78 is 2.34. The molecule has 0 aliphatic carbocycles. The maximum Gasteiger partial charge on any atom is 0.224 e. The molecule has 0 fully saturated rings. The molecular weight excluding hydrogens is 334 g/mol.